The van der Waals surface area contributed by atoms with E-state index in [-0.39, 0.29) is 17.2 Å². The van der Waals surface area contributed by atoms with Crippen molar-refractivity contribution < 1.29 is 14.6 Å². The molecule has 0 aliphatic carbocycles. The molecule has 0 bridgehead atoms. The van der Waals surface area contributed by atoms with Crippen molar-refractivity contribution in [2.45, 2.75) is 20.0 Å². The van der Waals surface area contributed by atoms with Crippen molar-refractivity contribution in [2.75, 3.05) is 58.2 Å². The van der Waals surface area contributed by atoms with Crippen molar-refractivity contribution in [1.82, 2.24) is 24.9 Å². The summed E-state index contributed by atoms with van der Waals surface area (Å²) in [6.07, 6.45) is 0. The van der Waals surface area contributed by atoms with Crippen LogP contribution in [0.25, 0.3) is 10.9 Å². The number of ether oxygens (including phenoxy) is 1. The molecule has 1 fully saturated rings. The third kappa shape index (κ3) is 4.53. The number of rotatable bonds is 7. The van der Waals surface area contributed by atoms with Crippen LogP contribution in [0.15, 0.2) is 30.3 Å². The summed E-state index contributed by atoms with van der Waals surface area (Å²) >= 11 is 0. The molecule has 3 N–H and O–H groups in total. The molecule has 3 aromatic rings. The lowest BCUT2D eigenvalue weighted by atomic mass is 10.1. The van der Waals surface area contributed by atoms with E-state index in [2.05, 4.69) is 32.4 Å². The van der Waals surface area contributed by atoms with Gasteiger partial charge < -0.3 is 25.0 Å². The number of piperazine rings is 1. The van der Waals surface area contributed by atoms with Crippen molar-refractivity contribution in [3.8, 4) is 11.5 Å². The Morgan fingerprint density at radius 3 is 2.74 bits per heavy atom. The lowest BCUT2D eigenvalue weighted by Crippen LogP contribution is -2.45. The monoisotopic (exact) mass is 464 g/mol. The molecule has 1 amide bonds. The average molecular weight is 465 g/mol. The predicted octanol–water partition coefficient (Wildman–Crippen LogP) is 2.48. The Kier molecular flexibility index (Phi) is 6.30. The highest BCUT2D eigenvalue weighted by molar-refractivity contribution is 6.03. The third-order valence-electron chi connectivity index (χ3n) is 6.71. The maximum absolute atomic E-state index is 13.3. The van der Waals surface area contributed by atoms with Crippen LogP contribution in [0.5, 0.6) is 11.5 Å². The standard InChI is InChI=1S/C25H32N6O3/c1-3-26-24-20-13-21(23(32)14-22(20)27-28-24)25(33)31-15-17-4-5-19(12-18(17)16-31)34-11-10-30-8-6-29(2)7-9-30/h4-5,12-14,32H,3,6-11,15-16H2,1-2H3,(H2,26,27,28). The topological polar surface area (TPSA) is 97.0 Å². The fourth-order valence-electron chi connectivity index (χ4n) is 4.67. The number of aromatic hydroxyl groups is 1. The van der Waals surface area contributed by atoms with Gasteiger partial charge in [0.05, 0.1) is 11.1 Å². The molecule has 9 heteroatoms. The lowest BCUT2D eigenvalue weighted by Gasteiger charge is -2.32. The molecule has 180 valence electrons. The maximum atomic E-state index is 13.3. The predicted molar refractivity (Wildman–Crippen MR) is 131 cm³/mol. The zero-order chi connectivity index (χ0) is 23.7. The summed E-state index contributed by atoms with van der Waals surface area (Å²) in [6.45, 7) is 9.63. The molecule has 2 aromatic carbocycles. The second-order valence-electron chi connectivity index (χ2n) is 9.10. The molecule has 5 rings (SSSR count). The van der Waals surface area contributed by atoms with Crippen molar-refractivity contribution in [3.05, 3.63) is 47.0 Å². The number of aromatic nitrogens is 2. The Bertz CT molecular complexity index is 1180. The summed E-state index contributed by atoms with van der Waals surface area (Å²) < 4.78 is 6.02. The molecule has 1 aromatic heterocycles. The van der Waals surface area contributed by atoms with Crippen LogP contribution in [0.2, 0.25) is 0 Å². The minimum Gasteiger partial charge on any atom is -0.507 e. The van der Waals surface area contributed by atoms with Crippen LogP contribution in [0.3, 0.4) is 0 Å². The summed E-state index contributed by atoms with van der Waals surface area (Å²) in [5, 5.41) is 21.6. The number of nitrogens with one attached hydrogen (secondary N) is 2. The summed E-state index contributed by atoms with van der Waals surface area (Å²) in [6, 6.07) is 9.33. The minimum atomic E-state index is -0.197. The lowest BCUT2D eigenvalue weighted by molar-refractivity contribution is 0.0748. The van der Waals surface area contributed by atoms with E-state index in [4.69, 9.17) is 4.74 Å². The minimum absolute atomic E-state index is 0.0481. The van der Waals surface area contributed by atoms with Crippen molar-refractivity contribution >= 4 is 22.6 Å². The first-order valence-electron chi connectivity index (χ1n) is 11.9. The molecule has 0 atom stereocenters. The molecule has 0 unspecified atom stereocenters. The quantitative estimate of drug-likeness (QED) is 0.494. The second kappa shape index (κ2) is 9.52. The van der Waals surface area contributed by atoms with Crippen LogP contribution in [-0.2, 0) is 13.1 Å². The van der Waals surface area contributed by atoms with Gasteiger partial charge in [-0.25, -0.2) is 0 Å². The van der Waals surface area contributed by atoms with Gasteiger partial charge in [-0.2, -0.15) is 5.10 Å². The van der Waals surface area contributed by atoms with Gasteiger partial charge in [-0.3, -0.25) is 14.8 Å². The molecule has 1 saturated heterocycles. The van der Waals surface area contributed by atoms with E-state index in [1.54, 1.807) is 17.0 Å². The van der Waals surface area contributed by atoms with Crippen molar-refractivity contribution in [2.24, 2.45) is 0 Å². The molecule has 0 radical (unpaired) electrons. The molecule has 0 saturated carbocycles. The number of H-pyrrole nitrogens is 1. The Balaban J connectivity index is 1.24. The fraction of sp³-hybridized carbons (Fsp3) is 0.440. The largest absolute Gasteiger partial charge is 0.507 e. The number of hydrogen-bond donors (Lipinski definition) is 3. The average Bonchev–Trinajstić information content (AvgIpc) is 3.43. The van der Waals surface area contributed by atoms with Gasteiger partial charge in [0.15, 0.2) is 5.82 Å². The smallest absolute Gasteiger partial charge is 0.258 e. The summed E-state index contributed by atoms with van der Waals surface area (Å²) in [7, 11) is 2.16. The normalized spacial score (nSPS) is 16.7. The van der Waals surface area contributed by atoms with E-state index in [0.29, 0.717) is 37.6 Å². The maximum Gasteiger partial charge on any atom is 0.258 e. The number of benzene rings is 2. The SMILES string of the molecule is CCNc1n[nH]c2cc(O)c(C(=O)N3Cc4ccc(OCCN5CCN(C)CC5)cc4C3)cc12. The Morgan fingerprint density at radius 1 is 1.15 bits per heavy atom. The molecule has 0 spiro atoms. The molecule has 2 aliphatic rings. The van der Waals surface area contributed by atoms with Gasteiger partial charge >= 0.3 is 0 Å². The van der Waals surface area contributed by atoms with Crippen LogP contribution >= 0.6 is 0 Å². The number of anilines is 1. The number of carbonyl (C=O) groups is 1. The number of hydrogen-bond acceptors (Lipinski definition) is 7. The number of likely N-dealkylation sites (N-methyl/N-ethyl adjacent to an activating group) is 1. The summed E-state index contributed by atoms with van der Waals surface area (Å²) in [5.41, 5.74) is 3.16. The number of fused-ring (bicyclic) bond motifs is 2. The first-order valence-corrected chi connectivity index (χ1v) is 11.9. The zero-order valence-electron chi connectivity index (χ0n) is 19.8. The molecule has 2 aliphatic heterocycles. The first-order chi connectivity index (χ1) is 16.5. The van der Waals surface area contributed by atoms with Gasteiger partial charge in [0.2, 0.25) is 0 Å². The Morgan fingerprint density at radius 2 is 1.94 bits per heavy atom. The number of nitrogens with zero attached hydrogens (tertiary/aromatic N) is 4. The summed E-state index contributed by atoms with van der Waals surface area (Å²) in [5.74, 6) is 1.26. The van der Waals surface area contributed by atoms with E-state index >= 15 is 0 Å². The van der Waals surface area contributed by atoms with Gasteiger partial charge in [-0.05, 0) is 43.3 Å². The highest BCUT2D eigenvalue weighted by Gasteiger charge is 2.27. The van der Waals surface area contributed by atoms with E-state index in [0.717, 1.165) is 55.0 Å². The van der Waals surface area contributed by atoms with Crippen LogP contribution < -0.4 is 10.1 Å². The van der Waals surface area contributed by atoms with E-state index in [1.807, 2.05) is 25.1 Å². The van der Waals surface area contributed by atoms with E-state index < -0.39 is 0 Å². The van der Waals surface area contributed by atoms with Gasteiger partial charge in [0, 0.05) is 63.8 Å². The molecule has 34 heavy (non-hydrogen) atoms. The van der Waals surface area contributed by atoms with Crippen LogP contribution in [0, 0.1) is 0 Å². The van der Waals surface area contributed by atoms with E-state index in [9.17, 15) is 9.90 Å². The Labute approximate surface area is 199 Å². The van der Waals surface area contributed by atoms with Crippen LogP contribution in [0.1, 0.15) is 28.4 Å². The molecular weight excluding hydrogens is 432 g/mol. The van der Waals surface area contributed by atoms with Gasteiger partial charge in [0.25, 0.3) is 5.91 Å². The van der Waals surface area contributed by atoms with Crippen LogP contribution in [-0.4, -0.2) is 88.8 Å². The van der Waals surface area contributed by atoms with E-state index in [1.165, 1.54) is 0 Å². The number of carbonyl (C=O) groups excluding carboxylic acids is 1. The van der Waals surface area contributed by atoms with Crippen LogP contribution in [0.4, 0.5) is 5.82 Å². The molecule has 3 heterocycles. The van der Waals surface area contributed by atoms with Crippen molar-refractivity contribution in [3.63, 3.8) is 0 Å². The highest BCUT2D eigenvalue weighted by atomic mass is 16.5. The fourth-order valence-corrected chi connectivity index (χ4v) is 4.67. The zero-order valence-corrected chi connectivity index (χ0v) is 19.8. The third-order valence-corrected chi connectivity index (χ3v) is 6.71. The molecular formula is C25H32N6O3. The molecule has 9 nitrogen and oxygen atoms in total. The Hall–Kier alpha value is -3.30. The number of aromatic amines is 1. The highest BCUT2D eigenvalue weighted by Crippen LogP contribution is 2.32. The van der Waals surface area contributed by atoms with Gasteiger partial charge in [0.1, 0.15) is 18.1 Å². The van der Waals surface area contributed by atoms with Crippen molar-refractivity contribution in [1.29, 1.82) is 0 Å². The summed E-state index contributed by atoms with van der Waals surface area (Å²) in [4.78, 5) is 19.8. The first kappa shape index (κ1) is 22.5. The number of amides is 1. The van der Waals surface area contributed by atoms with Gasteiger partial charge in [-0.15, -0.1) is 0 Å². The second-order valence-corrected chi connectivity index (χ2v) is 9.10. The number of phenolic OH excluding ortho intramolecular Hbond substituents is 1. The number of phenols is 1. The van der Waals surface area contributed by atoms with Gasteiger partial charge in [-0.1, -0.05) is 6.07 Å².